The highest BCUT2D eigenvalue weighted by molar-refractivity contribution is 7.89. The van der Waals surface area contributed by atoms with Crippen molar-refractivity contribution >= 4 is 21.7 Å². The molecule has 1 saturated heterocycles. The number of nitrogens with one attached hydrogen (secondary N) is 1. The summed E-state index contributed by atoms with van der Waals surface area (Å²) >= 11 is 0. The van der Waals surface area contributed by atoms with Crippen LogP contribution in [0.25, 0.3) is 0 Å². The van der Waals surface area contributed by atoms with E-state index in [1.165, 1.54) is 15.4 Å². The average Bonchev–Trinajstić information content (AvgIpc) is 3.53. The molecule has 3 aromatic rings. The molecule has 1 aromatic heterocycles. The minimum atomic E-state index is -3.54. The number of aryl methyl sites for hydroxylation is 3. The van der Waals surface area contributed by atoms with E-state index in [0.29, 0.717) is 43.2 Å². The van der Waals surface area contributed by atoms with Crippen molar-refractivity contribution < 1.29 is 13.2 Å². The molecule has 2 heterocycles. The molecule has 1 aliphatic heterocycles. The summed E-state index contributed by atoms with van der Waals surface area (Å²) in [4.78, 5) is 13.4. The molecule has 0 unspecified atom stereocenters. The molecule has 1 fully saturated rings. The summed E-state index contributed by atoms with van der Waals surface area (Å²) in [6, 6.07) is 15.7. The lowest BCUT2D eigenvalue weighted by atomic mass is 9.97. The zero-order valence-corrected chi connectivity index (χ0v) is 20.9. The lowest BCUT2D eigenvalue weighted by molar-refractivity contribution is -0.121. The smallest absolute Gasteiger partial charge is 0.243 e. The number of piperidine rings is 1. The molecule has 1 aliphatic carbocycles. The van der Waals surface area contributed by atoms with Crippen LogP contribution < -0.4 is 5.32 Å². The number of hydrogen-bond donors (Lipinski definition) is 1. The van der Waals surface area contributed by atoms with Crippen molar-refractivity contribution in [1.82, 2.24) is 14.1 Å². The Morgan fingerprint density at radius 3 is 2.46 bits per heavy atom. The van der Waals surface area contributed by atoms with Crippen LogP contribution in [-0.2, 0) is 40.6 Å². The Kier molecular flexibility index (Phi) is 6.75. The van der Waals surface area contributed by atoms with Crippen LogP contribution >= 0.6 is 0 Å². The Bertz CT molecular complexity index is 1310. The highest BCUT2D eigenvalue weighted by Crippen LogP contribution is 2.29. The summed E-state index contributed by atoms with van der Waals surface area (Å²) in [6.45, 7) is 3.40. The molecule has 184 valence electrons. The molecule has 8 heteroatoms. The number of carbonyl (C=O) groups excluding carboxylic acids is 1. The molecule has 0 saturated carbocycles. The maximum atomic E-state index is 13.2. The lowest BCUT2D eigenvalue weighted by Gasteiger charge is -2.30. The number of carbonyl (C=O) groups is 1. The average molecular weight is 493 g/mol. The van der Waals surface area contributed by atoms with Crippen molar-refractivity contribution in [2.45, 2.75) is 56.9 Å². The lowest BCUT2D eigenvalue weighted by Crippen LogP contribution is -2.41. The maximum Gasteiger partial charge on any atom is 0.243 e. The first-order valence-corrected chi connectivity index (χ1v) is 13.9. The first kappa shape index (κ1) is 23.8. The van der Waals surface area contributed by atoms with Gasteiger partial charge in [-0.2, -0.15) is 9.40 Å². The van der Waals surface area contributed by atoms with Crippen molar-refractivity contribution in [2.75, 3.05) is 18.4 Å². The van der Waals surface area contributed by atoms with Gasteiger partial charge >= 0.3 is 0 Å². The molecule has 0 spiro atoms. The molecule has 5 rings (SSSR count). The van der Waals surface area contributed by atoms with Crippen LogP contribution in [0.5, 0.6) is 0 Å². The SMILES string of the molecule is CCc1ccc(Cn2nccc2NC(=O)C2CCN(S(=O)(=O)c3ccc4c(c3)CCC4)CC2)cc1. The Morgan fingerprint density at radius 1 is 1.00 bits per heavy atom. The number of nitrogens with zero attached hydrogens (tertiary/aromatic N) is 3. The predicted molar refractivity (Wildman–Crippen MR) is 136 cm³/mol. The molecular formula is C27H32N4O3S. The van der Waals surface area contributed by atoms with E-state index in [-0.39, 0.29) is 11.8 Å². The van der Waals surface area contributed by atoms with Crippen LogP contribution in [0.15, 0.2) is 59.6 Å². The molecule has 0 radical (unpaired) electrons. The van der Waals surface area contributed by atoms with Crippen LogP contribution in [0.4, 0.5) is 5.82 Å². The van der Waals surface area contributed by atoms with Crippen LogP contribution in [0, 0.1) is 5.92 Å². The summed E-state index contributed by atoms with van der Waals surface area (Å²) in [5.41, 5.74) is 4.81. The van der Waals surface area contributed by atoms with Crippen molar-refractivity contribution in [3.8, 4) is 0 Å². The van der Waals surface area contributed by atoms with Gasteiger partial charge in [0.25, 0.3) is 0 Å². The van der Waals surface area contributed by atoms with Crippen molar-refractivity contribution in [3.63, 3.8) is 0 Å². The van der Waals surface area contributed by atoms with Crippen LogP contribution in [0.2, 0.25) is 0 Å². The molecule has 2 aromatic carbocycles. The fourth-order valence-corrected chi connectivity index (χ4v) is 6.58. The van der Waals surface area contributed by atoms with Gasteiger partial charge in [0, 0.05) is 25.1 Å². The first-order chi connectivity index (χ1) is 16.9. The van der Waals surface area contributed by atoms with Crippen LogP contribution in [0.1, 0.15) is 48.4 Å². The second kappa shape index (κ2) is 9.95. The minimum absolute atomic E-state index is 0.0809. The number of sulfonamides is 1. The van der Waals surface area contributed by atoms with Gasteiger partial charge in [0.1, 0.15) is 5.82 Å². The number of anilines is 1. The van der Waals surface area contributed by atoms with E-state index in [9.17, 15) is 13.2 Å². The third kappa shape index (κ3) is 5.04. The Labute approximate surface area is 207 Å². The second-order valence-electron chi connectivity index (χ2n) is 9.50. The fourth-order valence-electron chi connectivity index (χ4n) is 5.06. The Morgan fingerprint density at radius 2 is 1.71 bits per heavy atom. The molecule has 1 N–H and O–H groups in total. The van der Waals surface area contributed by atoms with Gasteiger partial charge in [0.2, 0.25) is 15.9 Å². The van der Waals surface area contributed by atoms with E-state index in [2.05, 4.69) is 41.6 Å². The highest BCUT2D eigenvalue weighted by atomic mass is 32.2. The maximum absolute atomic E-state index is 13.2. The van der Waals surface area contributed by atoms with Crippen molar-refractivity contribution in [2.24, 2.45) is 5.92 Å². The van der Waals surface area contributed by atoms with Crippen molar-refractivity contribution in [1.29, 1.82) is 0 Å². The molecule has 1 amide bonds. The van der Waals surface area contributed by atoms with Gasteiger partial charge in [0.05, 0.1) is 17.6 Å². The van der Waals surface area contributed by atoms with Crippen LogP contribution in [0.3, 0.4) is 0 Å². The number of rotatable bonds is 7. The quantitative estimate of drug-likeness (QED) is 0.540. The first-order valence-electron chi connectivity index (χ1n) is 12.5. The van der Waals surface area contributed by atoms with E-state index in [0.717, 1.165) is 36.8 Å². The molecule has 7 nitrogen and oxygen atoms in total. The third-order valence-electron chi connectivity index (χ3n) is 7.26. The van der Waals surface area contributed by atoms with E-state index in [1.54, 1.807) is 23.0 Å². The van der Waals surface area contributed by atoms with Gasteiger partial charge < -0.3 is 5.32 Å². The molecular weight excluding hydrogens is 460 g/mol. The number of benzene rings is 2. The summed E-state index contributed by atoms with van der Waals surface area (Å²) in [5.74, 6) is 0.346. The van der Waals surface area contributed by atoms with Gasteiger partial charge in [-0.25, -0.2) is 13.1 Å². The summed E-state index contributed by atoms with van der Waals surface area (Å²) < 4.78 is 29.7. The standard InChI is InChI=1S/C27H32N4O3S/c1-2-20-6-8-21(9-7-20)19-31-26(12-15-28-31)29-27(32)23-13-16-30(17-14-23)35(33,34)25-11-10-22-4-3-5-24(22)18-25/h6-12,15,18,23H,2-5,13-14,16-17,19H2,1H3,(H,29,32). The second-order valence-corrected chi connectivity index (χ2v) is 11.4. The van der Waals surface area contributed by atoms with Crippen molar-refractivity contribution in [3.05, 3.63) is 77.0 Å². The van der Waals surface area contributed by atoms with Gasteiger partial charge in [-0.3, -0.25) is 4.79 Å². The normalized spacial score (nSPS) is 16.8. The Hall–Kier alpha value is -2.97. The molecule has 2 aliphatic rings. The highest BCUT2D eigenvalue weighted by Gasteiger charge is 2.33. The molecule has 0 atom stereocenters. The molecule has 35 heavy (non-hydrogen) atoms. The largest absolute Gasteiger partial charge is 0.311 e. The fraction of sp³-hybridized carbons (Fsp3) is 0.407. The number of fused-ring (bicyclic) bond motifs is 1. The number of amides is 1. The monoisotopic (exact) mass is 492 g/mol. The van der Waals surface area contributed by atoms with E-state index < -0.39 is 10.0 Å². The van der Waals surface area contributed by atoms with Gasteiger partial charge in [-0.05, 0) is 72.9 Å². The summed E-state index contributed by atoms with van der Waals surface area (Å²) in [6.07, 6.45) is 6.75. The van der Waals surface area contributed by atoms with E-state index in [4.69, 9.17) is 0 Å². The summed E-state index contributed by atoms with van der Waals surface area (Å²) in [7, 11) is -3.54. The zero-order chi connectivity index (χ0) is 24.4. The number of aromatic nitrogens is 2. The molecule has 0 bridgehead atoms. The third-order valence-corrected chi connectivity index (χ3v) is 9.16. The Balaban J connectivity index is 1.19. The van der Waals surface area contributed by atoms with Gasteiger partial charge in [0.15, 0.2) is 0 Å². The summed E-state index contributed by atoms with van der Waals surface area (Å²) in [5, 5.41) is 7.38. The van der Waals surface area contributed by atoms with Gasteiger partial charge in [-0.1, -0.05) is 37.3 Å². The van der Waals surface area contributed by atoms with E-state index in [1.807, 2.05) is 12.1 Å². The number of hydrogen-bond acceptors (Lipinski definition) is 4. The van der Waals surface area contributed by atoms with E-state index >= 15 is 0 Å². The zero-order valence-electron chi connectivity index (χ0n) is 20.1. The predicted octanol–water partition coefficient (Wildman–Crippen LogP) is 4.02. The topological polar surface area (TPSA) is 84.3 Å². The van der Waals surface area contributed by atoms with Crippen LogP contribution in [-0.4, -0.2) is 41.5 Å². The minimum Gasteiger partial charge on any atom is -0.311 e. The van der Waals surface area contributed by atoms with Gasteiger partial charge in [-0.15, -0.1) is 0 Å².